The molecule has 0 bridgehead atoms. The number of nitrogens with one attached hydrogen (secondary N) is 1. The van der Waals surface area contributed by atoms with E-state index in [0.29, 0.717) is 29.7 Å². The third-order valence-corrected chi connectivity index (χ3v) is 3.32. The van der Waals surface area contributed by atoms with Crippen LogP contribution in [0.3, 0.4) is 0 Å². The minimum atomic E-state index is -1.18. The van der Waals surface area contributed by atoms with Gasteiger partial charge in [-0.3, -0.25) is 5.32 Å². The zero-order chi connectivity index (χ0) is 18.4. The molecule has 0 aliphatic heterocycles. The molecule has 8 nitrogen and oxygen atoms in total. The molecule has 1 atom stereocenters. The molecule has 0 aliphatic rings. The van der Waals surface area contributed by atoms with Crippen LogP contribution in [0.15, 0.2) is 30.7 Å². The van der Waals surface area contributed by atoms with Gasteiger partial charge in [-0.1, -0.05) is 13.8 Å². The second kappa shape index (κ2) is 7.89. The van der Waals surface area contributed by atoms with Gasteiger partial charge < -0.3 is 15.6 Å². The molecule has 2 rings (SSSR count). The zero-order valence-corrected chi connectivity index (χ0v) is 14.6. The molecule has 0 saturated carbocycles. The number of pyridine rings is 1. The van der Waals surface area contributed by atoms with Crippen LogP contribution in [0.5, 0.6) is 5.75 Å². The summed E-state index contributed by atoms with van der Waals surface area (Å²) in [4.78, 5) is 23.1. The molecule has 8 heteroatoms. The van der Waals surface area contributed by atoms with Crippen molar-refractivity contribution in [3.63, 3.8) is 0 Å². The van der Waals surface area contributed by atoms with Gasteiger partial charge in [0.1, 0.15) is 12.4 Å². The van der Waals surface area contributed by atoms with E-state index < -0.39 is 11.6 Å². The van der Waals surface area contributed by atoms with Crippen molar-refractivity contribution in [2.75, 3.05) is 11.9 Å². The van der Waals surface area contributed by atoms with E-state index in [1.54, 1.807) is 24.5 Å². The van der Waals surface area contributed by atoms with Crippen LogP contribution in [0.2, 0.25) is 0 Å². The van der Waals surface area contributed by atoms with Crippen LogP contribution < -0.4 is 15.8 Å². The highest BCUT2D eigenvalue weighted by molar-refractivity contribution is 5.82. The van der Waals surface area contributed by atoms with Crippen molar-refractivity contribution in [3.05, 3.63) is 30.7 Å². The van der Waals surface area contributed by atoms with Crippen molar-refractivity contribution in [1.29, 1.82) is 0 Å². The van der Waals surface area contributed by atoms with E-state index in [4.69, 9.17) is 15.6 Å². The maximum absolute atomic E-state index is 10.7. The first-order chi connectivity index (χ1) is 11.7. The predicted octanol–water partition coefficient (Wildman–Crippen LogP) is 2.77. The van der Waals surface area contributed by atoms with Gasteiger partial charge in [0, 0.05) is 17.3 Å². The summed E-state index contributed by atoms with van der Waals surface area (Å²) in [5, 5.41) is 10.9. The Bertz CT molecular complexity index is 716. The normalized spacial score (nSPS) is 13.3. The Morgan fingerprint density at radius 3 is 2.64 bits per heavy atom. The summed E-state index contributed by atoms with van der Waals surface area (Å²) in [5.41, 5.74) is 6.44. The summed E-state index contributed by atoms with van der Waals surface area (Å²) >= 11 is 0. The van der Waals surface area contributed by atoms with Crippen LogP contribution in [0.25, 0.3) is 11.4 Å². The number of carbonyl (C=O) groups is 1. The number of nitrogens with zero attached hydrogens (tertiary/aromatic N) is 3. The number of rotatable bonds is 7. The molecule has 0 aliphatic carbocycles. The van der Waals surface area contributed by atoms with E-state index >= 15 is 0 Å². The van der Waals surface area contributed by atoms with Crippen molar-refractivity contribution in [2.45, 2.75) is 32.7 Å². The highest BCUT2D eigenvalue weighted by Gasteiger charge is 2.21. The van der Waals surface area contributed by atoms with Gasteiger partial charge in [-0.05, 0) is 31.4 Å². The Morgan fingerprint density at radius 2 is 2.04 bits per heavy atom. The molecule has 0 saturated heterocycles. The summed E-state index contributed by atoms with van der Waals surface area (Å²) < 4.78 is 5.69. The number of anilines is 1. The lowest BCUT2D eigenvalue weighted by Crippen LogP contribution is -2.43. The number of ether oxygens (including phenoxy) is 1. The maximum atomic E-state index is 10.7. The van der Waals surface area contributed by atoms with Crippen molar-refractivity contribution in [1.82, 2.24) is 15.0 Å². The summed E-state index contributed by atoms with van der Waals surface area (Å²) in [6, 6.07) is 3.26. The number of hydrogen-bond acceptors (Lipinski definition) is 6. The van der Waals surface area contributed by atoms with Crippen LogP contribution in [0.1, 0.15) is 27.2 Å². The number of aromatic nitrogens is 3. The summed E-state index contributed by atoms with van der Waals surface area (Å²) in [6.07, 6.45) is 4.29. The Kier molecular flexibility index (Phi) is 5.87. The third-order valence-electron chi connectivity index (χ3n) is 3.32. The van der Waals surface area contributed by atoms with E-state index in [2.05, 4.69) is 34.1 Å². The van der Waals surface area contributed by atoms with Crippen LogP contribution in [-0.2, 0) is 0 Å². The van der Waals surface area contributed by atoms with Crippen molar-refractivity contribution >= 4 is 11.9 Å². The third kappa shape index (κ3) is 6.00. The first-order valence-corrected chi connectivity index (χ1v) is 7.95. The molecule has 0 aromatic carbocycles. The summed E-state index contributed by atoms with van der Waals surface area (Å²) in [7, 11) is 0. The topological polar surface area (TPSA) is 123 Å². The molecule has 0 spiro atoms. The smallest absolute Gasteiger partial charge is 0.410 e. The molecule has 2 aromatic heterocycles. The summed E-state index contributed by atoms with van der Waals surface area (Å²) in [5.74, 6) is 1.67. The zero-order valence-electron chi connectivity index (χ0n) is 14.6. The molecular weight excluding hydrogens is 322 g/mol. The van der Waals surface area contributed by atoms with Gasteiger partial charge in [0.05, 0.1) is 12.4 Å². The highest BCUT2D eigenvalue weighted by atomic mass is 16.5. The molecule has 1 unspecified atom stereocenters. The van der Waals surface area contributed by atoms with E-state index in [9.17, 15) is 4.79 Å². The monoisotopic (exact) mass is 345 g/mol. The number of hydrogen-bond donors (Lipinski definition) is 3. The molecule has 2 heterocycles. The fraction of sp³-hybridized carbons (Fsp3) is 0.412. The number of carboxylic acid groups (broad SMARTS) is 1. The van der Waals surface area contributed by atoms with E-state index in [1.165, 1.54) is 6.20 Å². The predicted molar refractivity (Wildman–Crippen MR) is 94.5 cm³/mol. The van der Waals surface area contributed by atoms with Gasteiger partial charge in [0.15, 0.2) is 11.6 Å². The number of nitrogens with two attached hydrogens (primary N) is 1. The Labute approximate surface area is 146 Å². The standard InChI is InChI=1S/C17H23N5O3/c1-11(2)7-17(3,18)10-25-13-8-20-15(21-9-13)12-4-5-19-14(6-12)22-16(23)24/h4-6,8-9,11H,7,10,18H2,1-3H3,(H,19,22)(H,23,24). The minimum absolute atomic E-state index is 0.210. The molecular formula is C17H23N5O3. The van der Waals surface area contributed by atoms with E-state index in [1.807, 2.05) is 6.92 Å². The van der Waals surface area contributed by atoms with E-state index in [0.717, 1.165) is 6.42 Å². The van der Waals surface area contributed by atoms with Gasteiger partial charge in [0.25, 0.3) is 0 Å². The molecule has 0 fully saturated rings. The lowest BCUT2D eigenvalue weighted by Gasteiger charge is -2.26. The van der Waals surface area contributed by atoms with Gasteiger partial charge in [-0.15, -0.1) is 0 Å². The van der Waals surface area contributed by atoms with Crippen LogP contribution in [0.4, 0.5) is 10.6 Å². The fourth-order valence-electron chi connectivity index (χ4n) is 2.53. The maximum Gasteiger partial charge on any atom is 0.410 e. The highest BCUT2D eigenvalue weighted by Crippen LogP contribution is 2.20. The van der Waals surface area contributed by atoms with Crippen LogP contribution in [0, 0.1) is 5.92 Å². The lowest BCUT2D eigenvalue weighted by atomic mass is 9.93. The van der Waals surface area contributed by atoms with Crippen LogP contribution in [-0.4, -0.2) is 38.3 Å². The Balaban J connectivity index is 2.03. The molecule has 0 radical (unpaired) electrons. The van der Waals surface area contributed by atoms with Crippen molar-refractivity contribution in [3.8, 4) is 17.1 Å². The molecule has 2 aromatic rings. The summed E-state index contributed by atoms with van der Waals surface area (Å²) in [6.45, 7) is 6.56. The molecule has 25 heavy (non-hydrogen) atoms. The minimum Gasteiger partial charge on any atom is -0.488 e. The van der Waals surface area contributed by atoms with Gasteiger partial charge in [0.2, 0.25) is 0 Å². The Morgan fingerprint density at radius 1 is 1.36 bits per heavy atom. The second-order valence-electron chi connectivity index (χ2n) is 6.64. The molecule has 134 valence electrons. The lowest BCUT2D eigenvalue weighted by molar-refractivity contribution is 0.205. The van der Waals surface area contributed by atoms with Gasteiger partial charge >= 0.3 is 6.09 Å². The largest absolute Gasteiger partial charge is 0.488 e. The van der Waals surface area contributed by atoms with Crippen LogP contribution >= 0.6 is 0 Å². The SMILES string of the molecule is CC(C)CC(C)(N)COc1cnc(-c2ccnc(NC(=O)O)c2)nc1. The average Bonchev–Trinajstić information content (AvgIpc) is 2.52. The first-order valence-electron chi connectivity index (χ1n) is 7.95. The van der Waals surface area contributed by atoms with Crippen molar-refractivity contribution in [2.24, 2.45) is 11.7 Å². The molecule has 1 amide bonds. The van der Waals surface area contributed by atoms with Gasteiger partial charge in [-0.2, -0.15) is 0 Å². The average molecular weight is 345 g/mol. The second-order valence-corrected chi connectivity index (χ2v) is 6.64. The Hall–Kier alpha value is -2.74. The quantitative estimate of drug-likeness (QED) is 0.705. The van der Waals surface area contributed by atoms with E-state index in [-0.39, 0.29) is 5.82 Å². The molecule has 4 N–H and O–H groups in total. The van der Waals surface area contributed by atoms with Crippen molar-refractivity contribution < 1.29 is 14.6 Å². The van der Waals surface area contributed by atoms with Gasteiger partial charge in [-0.25, -0.2) is 19.7 Å². The fourth-order valence-corrected chi connectivity index (χ4v) is 2.53. The first kappa shape index (κ1) is 18.6. The number of amides is 1.